The first-order valence-electron chi connectivity index (χ1n) is 13.3. The number of fused-ring (bicyclic) bond motifs is 1. The van der Waals surface area contributed by atoms with Crippen molar-refractivity contribution in [1.82, 2.24) is 4.48 Å². The van der Waals surface area contributed by atoms with Crippen LogP contribution in [-0.4, -0.2) is 24.6 Å². The number of para-hydroxylation sites is 1. The second kappa shape index (κ2) is 11.8. The van der Waals surface area contributed by atoms with Crippen LogP contribution in [-0.2, 0) is 0 Å². The van der Waals surface area contributed by atoms with Gasteiger partial charge in [0.2, 0.25) is 0 Å². The second-order valence-electron chi connectivity index (χ2n) is 9.76. The van der Waals surface area contributed by atoms with Gasteiger partial charge in [-0.1, -0.05) is 120 Å². The lowest BCUT2D eigenvalue weighted by Gasteiger charge is -2.26. The zero-order valence-corrected chi connectivity index (χ0v) is 24.1. The molecule has 0 bridgehead atoms. The number of aromatic nitrogens is 1. The van der Waals surface area contributed by atoms with Crippen LogP contribution in [0.4, 0.5) is 14.3 Å². The highest BCUT2D eigenvalue weighted by Crippen LogP contribution is 2.38. The Morgan fingerprint density at radius 3 is 2.24 bits per heavy atom. The van der Waals surface area contributed by atoms with Crippen LogP contribution < -0.4 is 4.90 Å². The topological polar surface area (TPSA) is 20.5 Å². The predicted octanol–water partition coefficient (Wildman–Crippen LogP) is 9.52. The Balaban J connectivity index is 1.51. The number of allylic oxidation sites excluding steroid dienone is 7. The maximum Gasteiger partial charge on any atom is 0.678 e. The molecule has 0 spiro atoms. The maximum absolute atomic E-state index is 14.8. The van der Waals surface area contributed by atoms with Crippen molar-refractivity contribution in [3.05, 3.63) is 160 Å². The van der Waals surface area contributed by atoms with Crippen molar-refractivity contribution in [2.24, 2.45) is 4.99 Å². The van der Waals surface area contributed by atoms with E-state index in [2.05, 4.69) is 23.1 Å². The molecule has 0 saturated carbocycles. The highest BCUT2D eigenvalue weighted by atomic mass is 35.5. The second-order valence-corrected chi connectivity index (χ2v) is 10.6. The number of nitrogens with zero attached hydrogens (tertiary/aromatic N) is 3. The lowest BCUT2D eigenvalue weighted by atomic mass is 10.0. The SMILES string of the molecule is CN1\C(=C/C=C/C(=C2/C=C(Cl)C(c3ccccc3)=N2)c2cc(Cl)c(-c3ccccc3)n2B(F)F)C=Cc2ccccc21. The Hall–Kier alpha value is -4.39. The molecule has 2 aliphatic heterocycles. The molecule has 0 fully saturated rings. The number of aliphatic imine (C=N–C) groups is 1. The number of hydrogen-bond donors (Lipinski definition) is 0. The van der Waals surface area contributed by atoms with E-state index >= 15 is 0 Å². The van der Waals surface area contributed by atoms with Crippen LogP contribution in [0.1, 0.15) is 16.8 Å². The first-order valence-corrected chi connectivity index (χ1v) is 14.1. The van der Waals surface area contributed by atoms with Crippen molar-refractivity contribution in [1.29, 1.82) is 0 Å². The molecule has 2 aliphatic rings. The van der Waals surface area contributed by atoms with Gasteiger partial charge in [0.05, 0.1) is 27.2 Å². The summed E-state index contributed by atoms with van der Waals surface area (Å²) in [6.45, 7) is 0. The molecule has 8 heteroatoms. The monoisotopic (exact) mass is 593 g/mol. The molecule has 0 radical (unpaired) electrons. The highest BCUT2D eigenvalue weighted by Gasteiger charge is 2.30. The van der Waals surface area contributed by atoms with Gasteiger partial charge in [-0.2, -0.15) is 0 Å². The lowest BCUT2D eigenvalue weighted by Crippen LogP contribution is -2.18. The molecule has 0 aliphatic carbocycles. The van der Waals surface area contributed by atoms with E-state index in [-0.39, 0.29) is 16.4 Å². The third-order valence-electron chi connectivity index (χ3n) is 7.20. The zero-order chi connectivity index (χ0) is 29.2. The normalized spacial score (nSPS) is 16.6. The van der Waals surface area contributed by atoms with Crippen molar-refractivity contribution < 1.29 is 8.63 Å². The van der Waals surface area contributed by atoms with Gasteiger partial charge in [0.1, 0.15) is 0 Å². The van der Waals surface area contributed by atoms with Crippen LogP contribution in [0.2, 0.25) is 5.02 Å². The third kappa shape index (κ3) is 5.31. The standard InChI is InChI=1S/C34H24BCl2F2N3/c1-41-26(20-19-23-11-8-9-18-31(23)41)16-10-17-27(30-21-28(36)33(40-30)24-12-4-2-5-13-24)32-22-29(37)34(42(32)35(38)39)25-14-6-3-7-15-25/h2-22H,1H3/b17-10+,26-16-,30-27+. The maximum atomic E-state index is 14.8. The van der Waals surface area contributed by atoms with Crippen molar-refractivity contribution in [2.45, 2.75) is 0 Å². The van der Waals surface area contributed by atoms with Gasteiger partial charge >= 0.3 is 7.40 Å². The molecule has 42 heavy (non-hydrogen) atoms. The first-order chi connectivity index (χ1) is 20.4. The molecule has 0 atom stereocenters. The minimum Gasteiger partial charge on any atom is -0.344 e. The van der Waals surface area contributed by atoms with E-state index in [4.69, 9.17) is 28.2 Å². The average molecular weight is 594 g/mol. The molecule has 0 N–H and O–H groups in total. The molecule has 206 valence electrons. The first kappa shape index (κ1) is 27.8. The summed E-state index contributed by atoms with van der Waals surface area (Å²) in [4.78, 5) is 6.89. The Labute approximate surface area is 253 Å². The number of likely N-dealkylation sites (N-methyl/N-ethyl adjacent to an activating group) is 1. The van der Waals surface area contributed by atoms with Crippen LogP contribution in [0.5, 0.6) is 0 Å². The van der Waals surface area contributed by atoms with E-state index in [0.717, 1.165) is 27.0 Å². The van der Waals surface area contributed by atoms with Crippen molar-refractivity contribution in [3.63, 3.8) is 0 Å². The van der Waals surface area contributed by atoms with Gasteiger partial charge in [0.25, 0.3) is 0 Å². The Bertz CT molecular complexity index is 1840. The van der Waals surface area contributed by atoms with Crippen LogP contribution in [0.15, 0.2) is 143 Å². The molecule has 0 amide bonds. The molecule has 6 rings (SSSR count). The quantitative estimate of drug-likeness (QED) is 0.204. The Morgan fingerprint density at radius 1 is 0.857 bits per heavy atom. The van der Waals surface area contributed by atoms with Gasteiger partial charge in [-0.15, -0.1) is 0 Å². The van der Waals surface area contributed by atoms with Gasteiger partial charge in [0, 0.05) is 35.3 Å². The summed E-state index contributed by atoms with van der Waals surface area (Å²) in [5.74, 6) is 0. The predicted molar refractivity (Wildman–Crippen MR) is 173 cm³/mol. The molecule has 3 aromatic carbocycles. The number of halogens is 4. The van der Waals surface area contributed by atoms with Crippen molar-refractivity contribution >= 4 is 53.7 Å². The van der Waals surface area contributed by atoms with Crippen molar-refractivity contribution in [2.75, 3.05) is 11.9 Å². The highest BCUT2D eigenvalue weighted by molar-refractivity contribution is 6.47. The summed E-state index contributed by atoms with van der Waals surface area (Å²) in [7, 11) is -0.863. The van der Waals surface area contributed by atoms with Crippen LogP contribution in [0.3, 0.4) is 0 Å². The number of rotatable bonds is 6. The summed E-state index contributed by atoms with van der Waals surface area (Å²) in [5.41, 5.74) is 6.52. The van der Waals surface area contributed by atoms with Crippen molar-refractivity contribution in [3.8, 4) is 11.3 Å². The fraction of sp³-hybridized carbons (Fsp3) is 0.0294. The fourth-order valence-electron chi connectivity index (χ4n) is 5.18. The lowest BCUT2D eigenvalue weighted by molar-refractivity contribution is 0.630. The molecule has 0 saturated heterocycles. The molecule has 3 nitrogen and oxygen atoms in total. The van der Waals surface area contributed by atoms with Gasteiger partial charge in [-0.3, -0.25) is 8.63 Å². The number of hydrogen-bond acceptors (Lipinski definition) is 2. The van der Waals surface area contributed by atoms with E-state index in [1.807, 2.05) is 73.8 Å². The van der Waals surface area contributed by atoms with Gasteiger partial charge < -0.3 is 9.38 Å². The van der Waals surface area contributed by atoms with E-state index in [1.165, 1.54) is 0 Å². The number of anilines is 1. The van der Waals surface area contributed by atoms with Gasteiger partial charge in [-0.25, -0.2) is 4.99 Å². The third-order valence-corrected chi connectivity index (χ3v) is 7.78. The zero-order valence-electron chi connectivity index (χ0n) is 22.6. The van der Waals surface area contributed by atoms with Gasteiger partial charge in [-0.05, 0) is 41.5 Å². The molecule has 0 unspecified atom stereocenters. The molecule has 4 aromatic rings. The minimum absolute atomic E-state index is 0.216. The summed E-state index contributed by atoms with van der Waals surface area (Å²) in [6.07, 6.45) is 11.3. The number of benzene rings is 3. The van der Waals surface area contributed by atoms with E-state index in [0.29, 0.717) is 27.6 Å². The smallest absolute Gasteiger partial charge is 0.344 e. The van der Waals surface area contributed by atoms with E-state index < -0.39 is 7.40 Å². The van der Waals surface area contributed by atoms with Gasteiger partial charge in [0.15, 0.2) is 0 Å². The molecule has 1 aromatic heterocycles. The summed E-state index contributed by atoms with van der Waals surface area (Å²) < 4.78 is 30.6. The summed E-state index contributed by atoms with van der Waals surface area (Å²) in [6, 6.07) is 28.1. The average Bonchev–Trinajstić information content (AvgIpc) is 3.57. The Kier molecular flexibility index (Phi) is 7.83. The Morgan fingerprint density at radius 2 is 1.52 bits per heavy atom. The molecule has 3 heterocycles. The van der Waals surface area contributed by atoms with E-state index in [1.54, 1.807) is 42.5 Å². The van der Waals surface area contributed by atoms with E-state index in [9.17, 15) is 8.63 Å². The summed E-state index contributed by atoms with van der Waals surface area (Å²) >= 11 is 13.3. The largest absolute Gasteiger partial charge is 0.678 e. The summed E-state index contributed by atoms with van der Waals surface area (Å²) in [5, 5.41) is 0.643. The molecular weight excluding hydrogens is 570 g/mol. The fourth-order valence-corrected chi connectivity index (χ4v) is 5.74. The minimum atomic E-state index is -2.85. The van der Waals surface area contributed by atoms with Crippen LogP contribution >= 0.6 is 23.2 Å². The van der Waals surface area contributed by atoms with Crippen LogP contribution in [0, 0.1) is 0 Å². The molecular formula is C34H24BCl2F2N3. The van der Waals surface area contributed by atoms with Crippen LogP contribution in [0.25, 0.3) is 22.9 Å².